The second-order valence-electron chi connectivity index (χ2n) is 9.17. The van der Waals surface area contributed by atoms with Crippen molar-refractivity contribution in [3.05, 3.63) is 96.1 Å². The average Bonchev–Trinajstić information content (AvgIpc) is 2.94. The van der Waals surface area contributed by atoms with Crippen molar-refractivity contribution >= 4 is 17.9 Å². The maximum Gasteiger partial charge on any atom is 0.343 e. The van der Waals surface area contributed by atoms with Crippen molar-refractivity contribution in [2.45, 2.75) is 58.7 Å². The molecule has 1 unspecified atom stereocenters. The molecule has 8 heteroatoms. The zero-order chi connectivity index (χ0) is 28.9. The lowest BCUT2D eigenvalue weighted by Crippen LogP contribution is -2.23. The summed E-state index contributed by atoms with van der Waals surface area (Å²) in [6.07, 6.45) is 6.18. The molecule has 0 aliphatic carbocycles. The molecule has 0 amide bonds. The Morgan fingerprint density at radius 1 is 0.825 bits per heavy atom. The first kappa shape index (κ1) is 30.0. The number of unbranched alkanes of at least 4 members (excludes halogenated alkanes) is 4. The summed E-state index contributed by atoms with van der Waals surface area (Å²) in [7, 11) is 0. The second-order valence-corrected chi connectivity index (χ2v) is 9.17. The predicted molar refractivity (Wildman–Crippen MR) is 150 cm³/mol. The number of benzene rings is 3. The Bertz CT molecular complexity index is 1300. The normalized spacial score (nSPS) is 11.2. The van der Waals surface area contributed by atoms with E-state index in [-0.39, 0.29) is 17.1 Å². The number of hydrogen-bond donors (Lipinski definition) is 1. The third kappa shape index (κ3) is 9.31. The Morgan fingerprint density at radius 3 is 2.05 bits per heavy atom. The fourth-order valence-corrected chi connectivity index (χ4v) is 3.78. The molecule has 0 aliphatic rings. The molecule has 3 aromatic rings. The van der Waals surface area contributed by atoms with Crippen LogP contribution in [0, 0.1) is 6.92 Å². The molecule has 3 rings (SSSR count). The van der Waals surface area contributed by atoms with Gasteiger partial charge < -0.3 is 24.1 Å². The number of esters is 3. The van der Waals surface area contributed by atoms with Crippen molar-refractivity contribution < 1.29 is 38.4 Å². The number of phenols is 1. The average molecular weight is 547 g/mol. The molecule has 0 spiro atoms. The highest BCUT2D eigenvalue weighted by Gasteiger charge is 2.17. The number of rotatable bonds is 14. The monoisotopic (exact) mass is 546 g/mol. The molecule has 0 aliphatic heterocycles. The van der Waals surface area contributed by atoms with Crippen molar-refractivity contribution in [2.24, 2.45) is 0 Å². The Labute approximate surface area is 234 Å². The van der Waals surface area contributed by atoms with Gasteiger partial charge in [-0.15, -0.1) is 0 Å². The number of hydrogen-bond acceptors (Lipinski definition) is 8. The Hall–Kier alpha value is -4.59. The van der Waals surface area contributed by atoms with Gasteiger partial charge in [-0.1, -0.05) is 39.2 Å². The number of carbonyl (C=O) groups is 3. The third-order valence-corrected chi connectivity index (χ3v) is 5.98. The fourth-order valence-electron chi connectivity index (χ4n) is 3.78. The molecule has 0 bridgehead atoms. The minimum atomic E-state index is -0.755. The van der Waals surface area contributed by atoms with E-state index in [9.17, 15) is 19.5 Å². The van der Waals surface area contributed by atoms with E-state index in [4.69, 9.17) is 18.9 Å². The highest BCUT2D eigenvalue weighted by molar-refractivity contribution is 5.92. The molecule has 3 aromatic carbocycles. The Kier molecular flexibility index (Phi) is 11.3. The van der Waals surface area contributed by atoms with Crippen molar-refractivity contribution in [3.63, 3.8) is 0 Å². The smallest absolute Gasteiger partial charge is 0.343 e. The Morgan fingerprint density at radius 2 is 1.43 bits per heavy atom. The van der Waals surface area contributed by atoms with Crippen LogP contribution in [0.15, 0.2) is 79.4 Å². The standard InChI is InChI=1S/C32H34O8/c1-4-6-7-8-9-10-30(40-29(34)5-2)37-26-17-13-24(14-18-26)32(36)39-28-20-19-27(21-22(28)3)38-31(35)23-11-15-25(33)16-12-23/h5,11-21,30,33H,2,4,6-10H2,1,3H3. The molecule has 0 heterocycles. The van der Waals surface area contributed by atoms with Crippen LogP contribution in [-0.4, -0.2) is 29.3 Å². The van der Waals surface area contributed by atoms with Gasteiger partial charge in [0.15, 0.2) is 0 Å². The molecule has 8 nitrogen and oxygen atoms in total. The quantitative estimate of drug-likeness (QED) is 0.0762. The topological polar surface area (TPSA) is 108 Å². The summed E-state index contributed by atoms with van der Waals surface area (Å²) < 4.78 is 22.1. The lowest BCUT2D eigenvalue weighted by atomic mass is 10.1. The number of ether oxygens (including phenoxy) is 4. The van der Waals surface area contributed by atoms with Crippen LogP contribution in [0.25, 0.3) is 0 Å². The van der Waals surface area contributed by atoms with E-state index in [0.29, 0.717) is 29.0 Å². The van der Waals surface area contributed by atoms with E-state index in [2.05, 4.69) is 13.5 Å². The summed E-state index contributed by atoms with van der Waals surface area (Å²) in [5, 5.41) is 9.37. The van der Waals surface area contributed by atoms with Crippen LogP contribution < -0.4 is 14.2 Å². The van der Waals surface area contributed by atoms with Gasteiger partial charge in [0, 0.05) is 12.5 Å². The molecule has 1 N–H and O–H groups in total. The summed E-state index contributed by atoms with van der Waals surface area (Å²) in [5.74, 6) is -0.619. The van der Waals surface area contributed by atoms with Crippen molar-refractivity contribution in [1.29, 1.82) is 0 Å². The van der Waals surface area contributed by atoms with Crippen LogP contribution in [0.1, 0.15) is 71.7 Å². The van der Waals surface area contributed by atoms with Gasteiger partial charge in [-0.3, -0.25) is 0 Å². The Balaban J connectivity index is 1.58. The first-order valence-electron chi connectivity index (χ1n) is 13.2. The van der Waals surface area contributed by atoms with E-state index in [1.807, 2.05) is 0 Å². The summed E-state index contributed by atoms with van der Waals surface area (Å²) in [4.78, 5) is 36.8. The van der Waals surface area contributed by atoms with E-state index in [0.717, 1.165) is 38.2 Å². The van der Waals surface area contributed by atoms with Crippen LogP contribution in [0.2, 0.25) is 0 Å². The van der Waals surface area contributed by atoms with Gasteiger partial charge in [0.25, 0.3) is 0 Å². The first-order chi connectivity index (χ1) is 19.3. The molecular weight excluding hydrogens is 512 g/mol. The number of aryl methyl sites for hydroxylation is 1. The van der Waals surface area contributed by atoms with Gasteiger partial charge in [0.2, 0.25) is 6.29 Å². The molecule has 40 heavy (non-hydrogen) atoms. The van der Waals surface area contributed by atoms with Gasteiger partial charge in [0.05, 0.1) is 11.1 Å². The molecule has 0 saturated carbocycles. The zero-order valence-corrected chi connectivity index (χ0v) is 22.8. The molecule has 0 saturated heterocycles. The molecular formula is C32H34O8. The summed E-state index contributed by atoms with van der Waals surface area (Å²) in [6, 6.07) is 16.7. The fraction of sp³-hybridized carbons (Fsp3) is 0.281. The van der Waals surface area contributed by atoms with Crippen LogP contribution in [-0.2, 0) is 9.53 Å². The molecule has 210 valence electrons. The van der Waals surface area contributed by atoms with Gasteiger partial charge >= 0.3 is 17.9 Å². The molecule has 0 aromatic heterocycles. The number of phenolic OH excluding ortho intramolecular Hbond substituents is 1. The van der Waals surface area contributed by atoms with Crippen molar-refractivity contribution in [3.8, 4) is 23.0 Å². The van der Waals surface area contributed by atoms with E-state index in [1.54, 1.807) is 43.3 Å². The molecule has 0 radical (unpaired) electrons. The van der Waals surface area contributed by atoms with Gasteiger partial charge in [-0.25, -0.2) is 14.4 Å². The van der Waals surface area contributed by atoms with Crippen LogP contribution in [0.5, 0.6) is 23.0 Å². The lowest BCUT2D eigenvalue weighted by Gasteiger charge is -2.19. The van der Waals surface area contributed by atoms with Gasteiger partial charge in [-0.2, -0.15) is 0 Å². The largest absolute Gasteiger partial charge is 0.508 e. The van der Waals surface area contributed by atoms with Gasteiger partial charge in [-0.05, 0) is 85.6 Å². The van der Waals surface area contributed by atoms with E-state index < -0.39 is 24.2 Å². The van der Waals surface area contributed by atoms with Crippen molar-refractivity contribution in [2.75, 3.05) is 0 Å². The van der Waals surface area contributed by atoms with Crippen LogP contribution in [0.3, 0.4) is 0 Å². The minimum Gasteiger partial charge on any atom is -0.508 e. The first-order valence-corrected chi connectivity index (χ1v) is 13.2. The molecule has 1 atom stereocenters. The molecule has 0 fully saturated rings. The highest BCUT2D eigenvalue weighted by Crippen LogP contribution is 2.26. The van der Waals surface area contributed by atoms with Gasteiger partial charge in [0.1, 0.15) is 23.0 Å². The number of carbonyl (C=O) groups excluding carboxylic acids is 3. The number of aromatic hydroxyl groups is 1. The SMILES string of the molecule is C=CC(=O)OC(CCCCCCC)Oc1ccc(C(=O)Oc2ccc(OC(=O)c3ccc(O)cc3)cc2C)cc1. The zero-order valence-electron chi connectivity index (χ0n) is 22.8. The minimum absolute atomic E-state index is 0.0483. The summed E-state index contributed by atoms with van der Waals surface area (Å²) >= 11 is 0. The van der Waals surface area contributed by atoms with Crippen LogP contribution in [0.4, 0.5) is 0 Å². The summed E-state index contributed by atoms with van der Waals surface area (Å²) in [6.45, 7) is 7.31. The predicted octanol–water partition coefficient (Wildman–Crippen LogP) is 6.93. The van der Waals surface area contributed by atoms with Crippen molar-refractivity contribution in [1.82, 2.24) is 0 Å². The summed E-state index contributed by atoms with van der Waals surface area (Å²) in [5.41, 5.74) is 1.18. The van der Waals surface area contributed by atoms with Crippen LogP contribution >= 0.6 is 0 Å². The lowest BCUT2D eigenvalue weighted by molar-refractivity contribution is -0.158. The maximum absolute atomic E-state index is 12.7. The third-order valence-electron chi connectivity index (χ3n) is 5.98. The van der Waals surface area contributed by atoms with E-state index >= 15 is 0 Å². The highest BCUT2D eigenvalue weighted by atomic mass is 16.7. The second kappa shape index (κ2) is 15.1. The maximum atomic E-state index is 12.7. The van der Waals surface area contributed by atoms with E-state index in [1.165, 1.54) is 30.3 Å².